The van der Waals surface area contributed by atoms with E-state index in [1.807, 2.05) is 36.2 Å². The van der Waals surface area contributed by atoms with Gasteiger partial charge in [-0.2, -0.15) is 0 Å². The van der Waals surface area contributed by atoms with Crippen LogP contribution in [0.4, 0.5) is 5.69 Å². The van der Waals surface area contributed by atoms with Crippen LogP contribution in [-0.2, 0) is 4.79 Å². The predicted octanol–water partition coefficient (Wildman–Crippen LogP) is 1.62. The largest absolute Gasteiger partial charge is 0.378 e. The van der Waals surface area contributed by atoms with Crippen LogP contribution in [0.1, 0.15) is 12.8 Å². The minimum atomic E-state index is -0.138. The van der Waals surface area contributed by atoms with Crippen LogP contribution in [0.15, 0.2) is 53.7 Å². The van der Waals surface area contributed by atoms with Gasteiger partial charge in [0.05, 0.1) is 0 Å². The second-order valence-corrected chi connectivity index (χ2v) is 6.57. The molecule has 1 saturated heterocycles. The molecule has 27 heavy (non-hydrogen) atoms. The maximum atomic E-state index is 12.2. The highest BCUT2D eigenvalue weighted by molar-refractivity contribution is 5.87. The van der Waals surface area contributed by atoms with Crippen LogP contribution in [0.3, 0.4) is 0 Å². The number of anilines is 1. The molecule has 0 spiro atoms. The summed E-state index contributed by atoms with van der Waals surface area (Å²) in [5.74, 6) is 0.0428. The lowest BCUT2D eigenvalue weighted by molar-refractivity contribution is -0.126. The van der Waals surface area contributed by atoms with Gasteiger partial charge in [-0.25, -0.2) is 0 Å². The highest BCUT2D eigenvalue weighted by atomic mass is 16.2. The highest BCUT2D eigenvalue weighted by Crippen LogP contribution is 2.20. The number of carbonyl (C=O) groups is 1. The predicted molar refractivity (Wildman–Crippen MR) is 107 cm³/mol. The van der Waals surface area contributed by atoms with Gasteiger partial charge in [0.25, 0.3) is 5.56 Å². The molecule has 0 aliphatic carbocycles. The first-order valence-electron chi connectivity index (χ1n) is 9.17. The fourth-order valence-corrected chi connectivity index (χ4v) is 3.15. The van der Waals surface area contributed by atoms with E-state index < -0.39 is 0 Å². The van der Waals surface area contributed by atoms with Crippen molar-refractivity contribution in [1.29, 1.82) is 0 Å². The number of H-pyrrole nitrogens is 1. The van der Waals surface area contributed by atoms with Gasteiger partial charge in [0, 0.05) is 55.9 Å². The minimum absolute atomic E-state index is 0.0428. The minimum Gasteiger partial charge on any atom is -0.378 e. The van der Waals surface area contributed by atoms with E-state index in [4.69, 9.17) is 0 Å². The molecular formula is C20H25N5O2. The van der Waals surface area contributed by atoms with E-state index in [0.717, 1.165) is 24.0 Å². The summed E-state index contributed by atoms with van der Waals surface area (Å²) in [7, 11) is 1.84. The second kappa shape index (κ2) is 9.14. The van der Waals surface area contributed by atoms with E-state index in [2.05, 4.69) is 20.6 Å². The van der Waals surface area contributed by atoms with Crippen LogP contribution in [0, 0.1) is 0 Å². The summed E-state index contributed by atoms with van der Waals surface area (Å²) >= 11 is 0. The molecule has 1 fully saturated rings. The number of nitrogens with one attached hydrogen (secondary N) is 3. The van der Waals surface area contributed by atoms with Gasteiger partial charge in [-0.3, -0.25) is 14.6 Å². The van der Waals surface area contributed by atoms with E-state index >= 15 is 0 Å². The summed E-state index contributed by atoms with van der Waals surface area (Å²) in [6, 6.07) is 5.85. The maximum Gasteiger partial charge on any atom is 0.271 e. The lowest BCUT2D eigenvalue weighted by Gasteiger charge is -2.32. The van der Waals surface area contributed by atoms with E-state index in [0.29, 0.717) is 25.3 Å². The first kappa shape index (κ1) is 18.8. The van der Waals surface area contributed by atoms with Crippen molar-refractivity contribution in [1.82, 2.24) is 20.2 Å². The molecule has 2 aromatic rings. The number of carbonyl (C=O) groups excluding carboxylic acids is 1. The number of hydrogen-bond donors (Lipinski definition) is 3. The second-order valence-electron chi connectivity index (χ2n) is 6.57. The van der Waals surface area contributed by atoms with Crippen LogP contribution >= 0.6 is 0 Å². The number of aromatic amines is 1. The van der Waals surface area contributed by atoms with Crippen LogP contribution in [0.2, 0.25) is 0 Å². The lowest BCUT2D eigenvalue weighted by Crippen LogP contribution is -2.42. The van der Waals surface area contributed by atoms with Crippen molar-refractivity contribution in [2.45, 2.75) is 18.9 Å². The van der Waals surface area contributed by atoms with Crippen molar-refractivity contribution < 1.29 is 4.79 Å². The molecule has 0 aromatic carbocycles. The zero-order valence-electron chi connectivity index (χ0n) is 15.4. The Morgan fingerprint density at radius 1 is 1.30 bits per heavy atom. The number of likely N-dealkylation sites (tertiary alicyclic amines) is 1. The number of likely N-dealkylation sites (N-methyl/N-ethyl adjacent to an activating group) is 1. The zero-order valence-corrected chi connectivity index (χ0v) is 15.4. The molecule has 0 saturated carbocycles. The van der Waals surface area contributed by atoms with Gasteiger partial charge in [0.15, 0.2) is 0 Å². The Morgan fingerprint density at radius 2 is 2.04 bits per heavy atom. The topological polar surface area (TPSA) is 90.1 Å². The summed E-state index contributed by atoms with van der Waals surface area (Å²) in [5.41, 5.74) is 2.35. The number of pyridine rings is 2. The first-order chi connectivity index (χ1) is 13.2. The monoisotopic (exact) mass is 367 g/mol. The number of rotatable bonds is 6. The fourth-order valence-electron chi connectivity index (χ4n) is 3.15. The molecule has 142 valence electrons. The van der Waals surface area contributed by atoms with Crippen molar-refractivity contribution in [3.05, 3.63) is 59.3 Å². The average molecular weight is 367 g/mol. The van der Waals surface area contributed by atoms with Gasteiger partial charge in [-0.1, -0.05) is 6.08 Å². The summed E-state index contributed by atoms with van der Waals surface area (Å²) < 4.78 is 0. The van der Waals surface area contributed by atoms with Gasteiger partial charge in [0.2, 0.25) is 5.91 Å². The number of aromatic nitrogens is 2. The molecule has 7 heteroatoms. The molecule has 3 rings (SSSR count). The molecule has 0 bridgehead atoms. The summed E-state index contributed by atoms with van der Waals surface area (Å²) in [5, 5.41) is 6.32. The van der Waals surface area contributed by atoms with E-state index in [1.165, 1.54) is 0 Å². The van der Waals surface area contributed by atoms with Crippen LogP contribution < -0.4 is 16.2 Å². The summed E-state index contributed by atoms with van der Waals surface area (Å²) in [6.07, 6.45) is 10.2. The summed E-state index contributed by atoms with van der Waals surface area (Å²) in [6.45, 7) is 2.05. The molecule has 3 N–H and O–H groups in total. The van der Waals surface area contributed by atoms with Crippen molar-refractivity contribution in [3.63, 3.8) is 0 Å². The van der Waals surface area contributed by atoms with E-state index in [1.54, 1.807) is 24.7 Å². The zero-order chi connectivity index (χ0) is 19.1. The average Bonchev–Trinajstić information content (AvgIpc) is 2.71. The quantitative estimate of drug-likeness (QED) is 0.675. The number of piperidine rings is 1. The Labute approximate surface area is 158 Å². The molecule has 2 aromatic heterocycles. The molecule has 1 amide bonds. The van der Waals surface area contributed by atoms with Crippen LogP contribution in [-0.4, -0.2) is 53.5 Å². The third kappa shape index (κ3) is 5.04. The van der Waals surface area contributed by atoms with E-state index in [9.17, 15) is 9.59 Å². The summed E-state index contributed by atoms with van der Waals surface area (Å²) in [4.78, 5) is 33.0. The van der Waals surface area contributed by atoms with Crippen LogP contribution in [0.5, 0.6) is 0 Å². The molecule has 7 nitrogen and oxygen atoms in total. The molecule has 1 aliphatic rings. The van der Waals surface area contributed by atoms with Gasteiger partial charge in [-0.05, 0) is 43.7 Å². The normalized spacial score (nSPS) is 15.2. The SMILES string of the molecule is CNC/C=C/C(=O)N1CCC(Nc2cc(-c3ccncc3)c[nH]c2=O)CC1. The Hall–Kier alpha value is -2.93. The van der Waals surface area contributed by atoms with Gasteiger partial charge < -0.3 is 20.5 Å². The highest BCUT2D eigenvalue weighted by Gasteiger charge is 2.22. The van der Waals surface area contributed by atoms with Gasteiger partial charge in [0.1, 0.15) is 5.69 Å². The number of hydrogen-bond acceptors (Lipinski definition) is 5. The molecule has 0 radical (unpaired) electrons. The number of nitrogens with zero attached hydrogens (tertiary/aromatic N) is 2. The molecule has 3 heterocycles. The standard InChI is InChI=1S/C20H25N5O2/c1-21-8-2-3-19(26)25-11-6-17(7-12-25)24-18-13-16(14-23-20(18)27)15-4-9-22-10-5-15/h2-5,9-10,13-14,17,21,24H,6-8,11-12H2,1H3,(H,23,27)/b3-2+. The Bertz CT molecular complexity index is 839. The smallest absolute Gasteiger partial charge is 0.271 e. The van der Waals surface area contributed by atoms with Crippen molar-refractivity contribution in [2.24, 2.45) is 0 Å². The molecule has 0 unspecified atom stereocenters. The van der Waals surface area contributed by atoms with Gasteiger partial charge >= 0.3 is 0 Å². The van der Waals surface area contributed by atoms with Crippen molar-refractivity contribution in [2.75, 3.05) is 32.0 Å². The molecule has 0 atom stereocenters. The van der Waals surface area contributed by atoms with Gasteiger partial charge in [-0.15, -0.1) is 0 Å². The van der Waals surface area contributed by atoms with Crippen LogP contribution in [0.25, 0.3) is 11.1 Å². The number of amides is 1. The first-order valence-corrected chi connectivity index (χ1v) is 9.17. The van der Waals surface area contributed by atoms with Crippen molar-refractivity contribution in [3.8, 4) is 11.1 Å². The third-order valence-corrected chi connectivity index (χ3v) is 4.67. The molecular weight excluding hydrogens is 342 g/mol. The van der Waals surface area contributed by atoms with E-state index in [-0.39, 0.29) is 17.5 Å². The third-order valence-electron chi connectivity index (χ3n) is 4.67. The molecule has 1 aliphatic heterocycles. The maximum absolute atomic E-state index is 12.2. The lowest BCUT2D eigenvalue weighted by atomic mass is 10.0. The van der Waals surface area contributed by atoms with Crippen molar-refractivity contribution >= 4 is 11.6 Å². The fraction of sp³-hybridized carbons (Fsp3) is 0.350. The Kier molecular flexibility index (Phi) is 6.38. The Morgan fingerprint density at radius 3 is 2.74 bits per heavy atom. The Balaban J connectivity index is 1.61.